The highest BCUT2D eigenvalue weighted by Crippen LogP contribution is 2.02. The molecule has 31 heavy (non-hydrogen) atoms. The Morgan fingerprint density at radius 3 is 2.10 bits per heavy atom. The summed E-state index contributed by atoms with van der Waals surface area (Å²) in [5.41, 5.74) is 6.32. The molecule has 7 N–H and O–H groups in total. The number of imidazole rings is 1. The van der Waals surface area contributed by atoms with Crippen LogP contribution in [-0.2, 0) is 25.6 Å². The largest absolute Gasteiger partial charge is 0.480 e. The van der Waals surface area contributed by atoms with Crippen LogP contribution in [0.5, 0.6) is 0 Å². The monoisotopic (exact) mass is 492 g/mol. The summed E-state index contributed by atoms with van der Waals surface area (Å²) in [5.74, 6) is -2.55. The van der Waals surface area contributed by atoms with Gasteiger partial charge in [-0.3, -0.25) is 14.4 Å². The number of amides is 3. The number of carboxylic acids is 1. The lowest BCUT2D eigenvalue weighted by atomic mass is 10.1. The van der Waals surface area contributed by atoms with Crippen LogP contribution < -0.4 is 21.7 Å². The summed E-state index contributed by atoms with van der Waals surface area (Å²) in [6.07, 6.45) is 5.16. The van der Waals surface area contributed by atoms with E-state index >= 15 is 0 Å². The van der Waals surface area contributed by atoms with Crippen molar-refractivity contribution in [3.05, 3.63) is 18.2 Å². The van der Waals surface area contributed by atoms with Crippen molar-refractivity contribution < 1.29 is 24.3 Å². The van der Waals surface area contributed by atoms with Gasteiger partial charge >= 0.3 is 5.97 Å². The summed E-state index contributed by atoms with van der Waals surface area (Å²) in [6, 6.07) is -4.15. The molecule has 0 radical (unpaired) electrons. The fourth-order valence-corrected chi connectivity index (χ4v) is 3.41. The smallest absolute Gasteiger partial charge is 0.326 e. The lowest BCUT2D eigenvalue weighted by molar-refractivity contribution is -0.142. The number of thioether (sulfide) groups is 1. The Morgan fingerprint density at radius 1 is 1.10 bits per heavy atom. The summed E-state index contributed by atoms with van der Waals surface area (Å²) in [5, 5.41) is 16.7. The van der Waals surface area contributed by atoms with Gasteiger partial charge < -0.3 is 31.8 Å². The standard InChI is InChI=1S/C17H28N6O5S3/c1-31-3-2-10(18)14(24)22-12(6-29)16(26)23-13(7-30)15(25)21-11(17(27)28)4-9-5-19-8-20-9/h5,8,10-13,29-30H,2-4,6-7,18H2,1H3,(H,19,20)(H,21,25)(H,22,24)(H,23,26)(H,27,28). The predicted octanol–water partition coefficient (Wildman–Crippen LogP) is -1.57. The molecule has 0 aromatic carbocycles. The molecule has 3 amide bonds. The molecule has 4 unspecified atom stereocenters. The summed E-state index contributed by atoms with van der Waals surface area (Å²) < 4.78 is 0. The van der Waals surface area contributed by atoms with E-state index in [-0.39, 0.29) is 17.9 Å². The first-order chi connectivity index (χ1) is 14.7. The Bertz CT molecular complexity index is 736. The predicted molar refractivity (Wildman–Crippen MR) is 124 cm³/mol. The van der Waals surface area contributed by atoms with E-state index < -0.39 is 47.9 Å². The van der Waals surface area contributed by atoms with Crippen LogP contribution >= 0.6 is 37.0 Å². The van der Waals surface area contributed by atoms with Crippen LogP contribution in [0.2, 0.25) is 0 Å². The first-order valence-electron chi connectivity index (χ1n) is 9.30. The zero-order valence-electron chi connectivity index (χ0n) is 16.9. The lowest BCUT2D eigenvalue weighted by Gasteiger charge is -2.23. The van der Waals surface area contributed by atoms with Gasteiger partial charge in [0.15, 0.2) is 0 Å². The molecule has 0 fully saturated rings. The Kier molecular flexibility index (Phi) is 12.4. The third-order valence-corrected chi connectivity index (χ3v) is 5.57. The second-order valence-electron chi connectivity index (χ2n) is 6.56. The molecular formula is C17H28N6O5S3. The van der Waals surface area contributed by atoms with E-state index in [9.17, 15) is 24.3 Å². The highest BCUT2D eigenvalue weighted by atomic mass is 32.2. The Labute approximate surface area is 195 Å². The van der Waals surface area contributed by atoms with Crippen molar-refractivity contribution in [1.29, 1.82) is 0 Å². The third-order valence-electron chi connectivity index (χ3n) is 4.19. The fourth-order valence-electron chi connectivity index (χ4n) is 2.40. The van der Waals surface area contributed by atoms with Crippen molar-refractivity contribution in [1.82, 2.24) is 25.9 Å². The van der Waals surface area contributed by atoms with Gasteiger partial charge in [0, 0.05) is 29.8 Å². The quantitative estimate of drug-likeness (QED) is 0.143. The van der Waals surface area contributed by atoms with E-state index in [1.54, 1.807) is 11.8 Å². The summed E-state index contributed by atoms with van der Waals surface area (Å²) in [7, 11) is 0. The van der Waals surface area contributed by atoms with Gasteiger partial charge in [-0.15, -0.1) is 0 Å². The van der Waals surface area contributed by atoms with E-state index in [4.69, 9.17) is 5.73 Å². The highest BCUT2D eigenvalue weighted by molar-refractivity contribution is 7.98. The molecule has 0 aliphatic rings. The number of H-pyrrole nitrogens is 1. The molecule has 1 heterocycles. The Hall–Kier alpha value is -1.90. The number of aromatic nitrogens is 2. The molecule has 0 spiro atoms. The minimum Gasteiger partial charge on any atom is -0.480 e. The zero-order valence-corrected chi connectivity index (χ0v) is 19.5. The molecular weight excluding hydrogens is 464 g/mol. The zero-order chi connectivity index (χ0) is 23.4. The number of aliphatic carboxylic acids is 1. The minimum absolute atomic E-state index is 0.0163. The number of hydrogen-bond acceptors (Lipinski definition) is 9. The van der Waals surface area contributed by atoms with Crippen LogP contribution in [0.3, 0.4) is 0 Å². The molecule has 0 bridgehead atoms. The molecule has 0 aliphatic heterocycles. The Balaban J connectivity index is 2.70. The van der Waals surface area contributed by atoms with Gasteiger partial charge in [0.25, 0.3) is 0 Å². The van der Waals surface area contributed by atoms with Crippen molar-refractivity contribution in [2.75, 3.05) is 23.5 Å². The van der Waals surface area contributed by atoms with E-state index in [1.165, 1.54) is 12.5 Å². The van der Waals surface area contributed by atoms with Crippen molar-refractivity contribution in [2.24, 2.45) is 5.73 Å². The second-order valence-corrected chi connectivity index (χ2v) is 8.27. The molecule has 1 rings (SSSR count). The summed E-state index contributed by atoms with van der Waals surface area (Å²) in [4.78, 5) is 55.3. The maximum Gasteiger partial charge on any atom is 0.326 e. The van der Waals surface area contributed by atoms with Crippen LogP contribution in [-0.4, -0.2) is 86.4 Å². The Morgan fingerprint density at radius 2 is 1.65 bits per heavy atom. The number of nitrogens with one attached hydrogen (secondary N) is 4. The second kappa shape index (κ2) is 14.2. The molecule has 4 atom stereocenters. The maximum absolute atomic E-state index is 12.5. The number of rotatable bonds is 14. The van der Waals surface area contributed by atoms with Crippen molar-refractivity contribution in [3.63, 3.8) is 0 Å². The molecule has 0 aliphatic carbocycles. The summed E-state index contributed by atoms with van der Waals surface area (Å²) in [6.45, 7) is 0. The van der Waals surface area contributed by atoms with Crippen molar-refractivity contribution >= 4 is 60.7 Å². The topological polar surface area (TPSA) is 179 Å². The third kappa shape index (κ3) is 9.41. The van der Waals surface area contributed by atoms with Gasteiger partial charge in [0.1, 0.15) is 18.1 Å². The molecule has 1 aromatic rings. The maximum atomic E-state index is 12.5. The van der Waals surface area contributed by atoms with E-state index in [1.807, 2.05) is 6.26 Å². The van der Waals surface area contributed by atoms with Crippen LogP contribution in [0.4, 0.5) is 0 Å². The summed E-state index contributed by atoms with van der Waals surface area (Å²) >= 11 is 9.69. The molecule has 1 aromatic heterocycles. The van der Waals surface area contributed by atoms with Gasteiger partial charge in [-0.05, 0) is 18.4 Å². The minimum atomic E-state index is -1.24. The number of hydrogen-bond donors (Lipinski definition) is 8. The average Bonchev–Trinajstić information content (AvgIpc) is 3.25. The van der Waals surface area contributed by atoms with E-state index in [0.717, 1.165) is 0 Å². The number of aromatic amines is 1. The van der Waals surface area contributed by atoms with Gasteiger partial charge in [-0.1, -0.05) is 0 Å². The number of thiol groups is 2. The van der Waals surface area contributed by atoms with Crippen LogP contribution in [0.25, 0.3) is 0 Å². The van der Waals surface area contributed by atoms with Crippen molar-refractivity contribution in [2.45, 2.75) is 37.0 Å². The van der Waals surface area contributed by atoms with Crippen LogP contribution in [0.1, 0.15) is 12.1 Å². The molecule has 11 nitrogen and oxygen atoms in total. The number of carboxylic acid groups (broad SMARTS) is 1. The molecule has 14 heteroatoms. The van der Waals surface area contributed by atoms with Crippen LogP contribution in [0.15, 0.2) is 12.5 Å². The SMILES string of the molecule is CSCCC(N)C(=O)NC(CS)C(=O)NC(CS)C(=O)NC(Cc1cnc[nH]1)C(=O)O. The van der Waals surface area contributed by atoms with Gasteiger partial charge in [0.05, 0.1) is 12.4 Å². The first-order valence-corrected chi connectivity index (χ1v) is 12.0. The average molecular weight is 493 g/mol. The highest BCUT2D eigenvalue weighted by Gasteiger charge is 2.29. The number of carbonyl (C=O) groups is 4. The first kappa shape index (κ1) is 27.1. The number of carbonyl (C=O) groups excluding carboxylic acids is 3. The number of nitrogens with zero attached hydrogens (tertiary/aromatic N) is 1. The van der Waals surface area contributed by atoms with Crippen LogP contribution in [0, 0.1) is 0 Å². The normalized spacial score (nSPS) is 14.7. The van der Waals surface area contributed by atoms with E-state index in [0.29, 0.717) is 17.9 Å². The van der Waals surface area contributed by atoms with E-state index in [2.05, 4.69) is 51.2 Å². The van der Waals surface area contributed by atoms with Gasteiger partial charge in [0.2, 0.25) is 17.7 Å². The fraction of sp³-hybridized carbons (Fsp3) is 0.588. The van der Waals surface area contributed by atoms with Crippen molar-refractivity contribution in [3.8, 4) is 0 Å². The molecule has 174 valence electrons. The van der Waals surface area contributed by atoms with Gasteiger partial charge in [-0.25, -0.2) is 9.78 Å². The number of nitrogens with two attached hydrogens (primary N) is 1. The molecule has 0 saturated heterocycles. The lowest BCUT2D eigenvalue weighted by Crippen LogP contribution is -2.58. The molecule has 0 saturated carbocycles. The van der Waals surface area contributed by atoms with Gasteiger partial charge in [-0.2, -0.15) is 37.0 Å².